The Balaban J connectivity index is 2.34. The Hall–Kier alpha value is -1.36. The highest BCUT2D eigenvalue weighted by Crippen LogP contribution is 2.30. The Labute approximate surface area is 120 Å². The summed E-state index contributed by atoms with van der Waals surface area (Å²) in [5, 5.41) is 4.15. The Morgan fingerprint density at radius 1 is 1.40 bits per heavy atom. The fraction of sp³-hybridized carbons (Fsp3) is 0.733. The first-order valence-electron chi connectivity index (χ1n) is 7.40. The molecule has 0 radical (unpaired) electrons. The molecule has 0 saturated carbocycles. The Kier molecular flexibility index (Phi) is 4.48. The predicted octanol–water partition coefficient (Wildman–Crippen LogP) is 2.27. The van der Waals surface area contributed by atoms with Crippen molar-refractivity contribution < 1.29 is 9.53 Å². The van der Waals surface area contributed by atoms with Crippen molar-refractivity contribution in [3.8, 4) is 5.75 Å². The van der Waals surface area contributed by atoms with E-state index in [1.54, 1.807) is 25.0 Å². The van der Waals surface area contributed by atoms with E-state index in [9.17, 15) is 4.79 Å². The van der Waals surface area contributed by atoms with Crippen LogP contribution in [0, 0.1) is 0 Å². The van der Waals surface area contributed by atoms with Crippen LogP contribution in [0.25, 0.3) is 0 Å². The van der Waals surface area contributed by atoms with Crippen LogP contribution in [0.3, 0.4) is 0 Å². The Morgan fingerprint density at radius 2 is 2.05 bits per heavy atom. The highest BCUT2D eigenvalue weighted by atomic mass is 16.5. The molecule has 0 bridgehead atoms. The lowest BCUT2D eigenvalue weighted by molar-refractivity contribution is 0.0493. The number of aromatic nitrogens is 2. The maximum absolute atomic E-state index is 13.1. The summed E-state index contributed by atoms with van der Waals surface area (Å²) in [7, 11) is 3.38. The van der Waals surface area contributed by atoms with Gasteiger partial charge in [0.2, 0.25) is 5.78 Å². The molecule has 1 saturated heterocycles. The molecule has 5 heteroatoms. The third kappa shape index (κ3) is 2.46. The van der Waals surface area contributed by atoms with E-state index in [2.05, 4.69) is 16.9 Å². The predicted molar refractivity (Wildman–Crippen MR) is 78.2 cm³/mol. The summed E-state index contributed by atoms with van der Waals surface area (Å²) in [5.41, 5.74) is 0.101. The number of ketones is 1. The topological polar surface area (TPSA) is 47.4 Å². The molecular formula is C15H25N3O2. The van der Waals surface area contributed by atoms with Gasteiger partial charge in [0.25, 0.3) is 0 Å². The quantitative estimate of drug-likeness (QED) is 0.776. The van der Waals surface area contributed by atoms with Crippen LogP contribution in [0.1, 0.15) is 50.0 Å². The van der Waals surface area contributed by atoms with Gasteiger partial charge in [0.05, 0.1) is 18.8 Å². The number of hydrogen-bond acceptors (Lipinski definition) is 4. The highest BCUT2D eigenvalue weighted by Gasteiger charge is 2.41. The van der Waals surface area contributed by atoms with Crippen molar-refractivity contribution in [1.29, 1.82) is 0 Å². The van der Waals surface area contributed by atoms with Gasteiger partial charge in [0, 0.05) is 7.05 Å². The van der Waals surface area contributed by atoms with Crippen LogP contribution in [0.4, 0.5) is 0 Å². The van der Waals surface area contributed by atoms with Gasteiger partial charge >= 0.3 is 0 Å². The van der Waals surface area contributed by atoms with Gasteiger partial charge in [0.15, 0.2) is 5.75 Å². The second-order valence-corrected chi connectivity index (χ2v) is 5.69. The molecule has 2 heterocycles. The summed E-state index contributed by atoms with van der Waals surface area (Å²) in [6, 6.07) is 0. The van der Waals surface area contributed by atoms with Crippen LogP contribution in [0.15, 0.2) is 6.20 Å². The molecule has 112 valence electrons. The highest BCUT2D eigenvalue weighted by molar-refractivity contribution is 6.03. The van der Waals surface area contributed by atoms with Crippen molar-refractivity contribution in [2.75, 3.05) is 20.2 Å². The van der Waals surface area contributed by atoms with Gasteiger partial charge in [-0.25, -0.2) is 0 Å². The number of aryl methyl sites for hydroxylation is 1. The minimum atomic E-state index is -0.471. The molecule has 1 unspecified atom stereocenters. The average molecular weight is 279 g/mol. The zero-order valence-corrected chi connectivity index (χ0v) is 13.0. The molecule has 0 amide bonds. The number of Topliss-reactive ketones (excluding diaryl/α,β-unsaturated/α-hetero) is 1. The molecule has 0 N–H and O–H groups in total. The molecule has 0 aliphatic carbocycles. The van der Waals surface area contributed by atoms with E-state index in [1.165, 1.54) is 19.3 Å². The van der Waals surface area contributed by atoms with Crippen molar-refractivity contribution >= 4 is 5.78 Å². The van der Waals surface area contributed by atoms with Crippen LogP contribution >= 0.6 is 0 Å². The van der Waals surface area contributed by atoms with Gasteiger partial charge in [-0.15, -0.1) is 0 Å². The van der Waals surface area contributed by atoms with Gasteiger partial charge < -0.3 is 4.74 Å². The van der Waals surface area contributed by atoms with Crippen LogP contribution in [0.5, 0.6) is 5.75 Å². The number of ether oxygens (including phenoxy) is 1. The molecule has 1 fully saturated rings. The SMILES string of the molecule is CCC(C)(C(=O)c1c(OC)cnn1C)N1CCCCC1. The number of methoxy groups -OCH3 is 1. The van der Waals surface area contributed by atoms with Crippen LogP contribution in [0.2, 0.25) is 0 Å². The molecule has 2 rings (SSSR count). The van der Waals surface area contributed by atoms with Crippen molar-refractivity contribution in [2.45, 2.75) is 45.1 Å². The first-order valence-corrected chi connectivity index (χ1v) is 7.40. The first-order chi connectivity index (χ1) is 9.54. The lowest BCUT2D eigenvalue weighted by Crippen LogP contribution is -2.54. The summed E-state index contributed by atoms with van der Waals surface area (Å²) in [5.74, 6) is 0.674. The lowest BCUT2D eigenvalue weighted by atomic mass is 9.87. The summed E-state index contributed by atoms with van der Waals surface area (Å²) < 4.78 is 6.92. The van der Waals surface area contributed by atoms with Crippen LogP contribution in [-0.4, -0.2) is 46.2 Å². The zero-order valence-electron chi connectivity index (χ0n) is 13.0. The van der Waals surface area contributed by atoms with Crippen LogP contribution < -0.4 is 4.74 Å². The second-order valence-electron chi connectivity index (χ2n) is 5.69. The van der Waals surface area contributed by atoms with Gasteiger partial charge in [0.1, 0.15) is 5.69 Å². The van der Waals surface area contributed by atoms with Crippen molar-refractivity contribution in [1.82, 2.24) is 14.7 Å². The molecule has 1 aliphatic heterocycles. The van der Waals surface area contributed by atoms with Gasteiger partial charge in [-0.3, -0.25) is 14.4 Å². The van der Waals surface area contributed by atoms with Crippen LogP contribution in [-0.2, 0) is 7.05 Å². The summed E-state index contributed by atoms with van der Waals surface area (Å²) in [4.78, 5) is 15.4. The molecular weight excluding hydrogens is 254 g/mol. The van der Waals surface area contributed by atoms with E-state index >= 15 is 0 Å². The average Bonchev–Trinajstić information content (AvgIpc) is 2.87. The number of nitrogens with zero attached hydrogens (tertiary/aromatic N) is 3. The molecule has 0 aromatic carbocycles. The fourth-order valence-corrected chi connectivity index (χ4v) is 3.00. The monoisotopic (exact) mass is 279 g/mol. The molecule has 1 aliphatic rings. The van der Waals surface area contributed by atoms with Gasteiger partial charge in [-0.05, 0) is 39.3 Å². The maximum Gasteiger partial charge on any atom is 0.204 e. The normalized spacial score (nSPS) is 19.6. The largest absolute Gasteiger partial charge is 0.493 e. The summed E-state index contributed by atoms with van der Waals surface area (Å²) in [6.07, 6.45) is 6.01. The van der Waals surface area contributed by atoms with Crippen molar-refractivity contribution in [2.24, 2.45) is 7.05 Å². The third-order valence-electron chi connectivity index (χ3n) is 4.57. The lowest BCUT2D eigenvalue weighted by Gasteiger charge is -2.41. The van der Waals surface area contributed by atoms with E-state index in [4.69, 9.17) is 4.74 Å². The number of carbonyl (C=O) groups is 1. The van der Waals surface area contributed by atoms with E-state index in [0.717, 1.165) is 19.5 Å². The standard InChI is InChI=1S/C15H25N3O2/c1-5-15(2,18-9-7-6-8-10-18)14(19)13-12(20-4)11-16-17(13)3/h11H,5-10H2,1-4H3. The summed E-state index contributed by atoms with van der Waals surface area (Å²) >= 11 is 0. The Morgan fingerprint density at radius 3 is 2.60 bits per heavy atom. The molecule has 5 nitrogen and oxygen atoms in total. The van der Waals surface area contributed by atoms with E-state index in [0.29, 0.717) is 11.4 Å². The minimum Gasteiger partial charge on any atom is -0.493 e. The number of likely N-dealkylation sites (tertiary alicyclic amines) is 1. The maximum atomic E-state index is 13.1. The molecule has 1 atom stereocenters. The van der Waals surface area contributed by atoms with Crippen molar-refractivity contribution in [3.05, 3.63) is 11.9 Å². The molecule has 0 spiro atoms. The molecule has 20 heavy (non-hydrogen) atoms. The Bertz CT molecular complexity index is 477. The molecule has 1 aromatic rings. The molecule has 1 aromatic heterocycles. The minimum absolute atomic E-state index is 0.110. The van der Waals surface area contributed by atoms with E-state index in [1.807, 2.05) is 6.92 Å². The second kappa shape index (κ2) is 5.95. The smallest absolute Gasteiger partial charge is 0.204 e. The number of hydrogen-bond donors (Lipinski definition) is 0. The zero-order chi connectivity index (χ0) is 14.8. The van der Waals surface area contributed by atoms with Gasteiger partial charge in [-0.2, -0.15) is 5.10 Å². The van der Waals surface area contributed by atoms with Gasteiger partial charge in [-0.1, -0.05) is 13.3 Å². The van der Waals surface area contributed by atoms with E-state index in [-0.39, 0.29) is 5.78 Å². The fourth-order valence-electron chi connectivity index (χ4n) is 3.00. The number of piperidine rings is 1. The van der Waals surface area contributed by atoms with E-state index < -0.39 is 5.54 Å². The first kappa shape index (κ1) is 15.0. The third-order valence-corrected chi connectivity index (χ3v) is 4.57. The van der Waals surface area contributed by atoms with Crippen molar-refractivity contribution in [3.63, 3.8) is 0 Å². The summed E-state index contributed by atoms with van der Waals surface area (Å²) in [6.45, 7) is 6.12. The number of rotatable bonds is 5. The number of carbonyl (C=O) groups excluding carboxylic acids is 1.